The first-order valence-electron chi connectivity index (χ1n) is 10.3. The van der Waals surface area contributed by atoms with Crippen LogP contribution in [0.5, 0.6) is 0 Å². The molecule has 3 saturated heterocycles. The summed E-state index contributed by atoms with van der Waals surface area (Å²) in [6, 6.07) is 5.98. The summed E-state index contributed by atoms with van der Waals surface area (Å²) < 4.78 is 13.9. The Hall–Kier alpha value is -2.19. The van der Waals surface area contributed by atoms with Gasteiger partial charge in [-0.2, -0.15) is 0 Å². The maximum Gasteiger partial charge on any atom is 0.320 e. The Morgan fingerprint density at radius 3 is 2.59 bits per heavy atom. The number of halogens is 1. The molecule has 0 spiro atoms. The van der Waals surface area contributed by atoms with Crippen molar-refractivity contribution in [2.24, 2.45) is 11.8 Å². The maximum absolute atomic E-state index is 13.9. The van der Waals surface area contributed by atoms with E-state index in [9.17, 15) is 19.1 Å². The molecule has 2 N–H and O–H groups in total. The fraction of sp³-hybridized carbons (Fsp3) is 0.619. The molecule has 0 aliphatic carbocycles. The smallest absolute Gasteiger partial charge is 0.320 e. The number of likely N-dealkylation sites (tertiary alicyclic amines) is 2. The van der Waals surface area contributed by atoms with Gasteiger partial charge in [-0.1, -0.05) is 12.1 Å². The van der Waals surface area contributed by atoms with Crippen molar-refractivity contribution in [1.29, 1.82) is 0 Å². The van der Waals surface area contributed by atoms with Crippen molar-refractivity contribution in [3.63, 3.8) is 0 Å². The molecule has 1 aromatic rings. The van der Waals surface area contributed by atoms with Crippen LogP contribution in [0.25, 0.3) is 0 Å². The van der Waals surface area contributed by atoms with Crippen molar-refractivity contribution >= 4 is 11.9 Å². The lowest BCUT2D eigenvalue weighted by molar-refractivity contribution is -0.153. The third kappa shape index (κ3) is 3.59. The van der Waals surface area contributed by atoms with Crippen LogP contribution in [0.1, 0.15) is 24.4 Å². The Morgan fingerprint density at radius 2 is 1.93 bits per heavy atom. The van der Waals surface area contributed by atoms with Gasteiger partial charge < -0.3 is 25.1 Å². The van der Waals surface area contributed by atoms with E-state index in [0.717, 1.165) is 5.56 Å². The van der Waals surface area contributed by atoms with Gasteiger partial charge in [-0.05, 0) is 43.6 Å². The molecule has 158 valence electrons. The van der Waals surface area contributed by atoms with E-state index in [-0.39, 0.29) is 35.6 Å². The summed E-state index contributed by atoms with van der Waals surface area (Å²) in [6.45, 7) is 2.76. The number of nitrogens with one attached hydrogen (secondary N) is 1. The van der Waals surface area contributed by atoms with Gasteiger partial charge in [0.2, 0.25) is 0 Å². The van der Waals surface area contributed by atoms with Crippen molar-refractivity contribution < 1.29 is 19.1 Å². The summed E-state index contributed by atoms with van der Waals surface area (Å²) in [4.78, 5) is 30.9. The lowest BCUT2D eigenvalue weighted by Gasteiger charge is -2.36. The van der Waals surface area contributed by atoms with E-state index in [1.165, 1.54) is 17.0 Å². The summed E-state index contributed by atoms with van der Waals surface area (Å²) in [5, 5.41) is 14.0. The van der Waals surface area contributed by atoms with Gasteiger partial charge in [-0.25, -0.2) is 9.18 Å². The molecule has 3 amide bonds. The van der Waals surface area contributed by atoms with Crippen LogP contribution >= 0.6 is 0 Å². The third-order valence-electron chi connectivity index (χ3n) is 6.60. The fourth-order valence-corrected chi connectivity index (χ4v) is 5.13. The van der Waals surface area contributed by atoms with Gasteiger partial charge in [-0.15, -0.1) is 0 Å². The molecule has 1 aromatic carbocycles. The molecule has 29 heavy (non-hydrogen) atoms. The molecule has 0 radical (unpaired) electrons. The summed E-state index contributed by atoms with van der Waals surface area (Å²) in [7, 11) is 3.42. The first kappa shape index (κ1) is 20.1. The predicted molar refractivity (Wildman–Crippen MR) is 106 cm³/mol. The van der Waals surface area contributed by atoms with Gasteiger partial charge in [0.1, 0.15) is 11.4 Å². The molecular weight excluding hydrogens is 375 g/mol. The number of rotatable bonds is 2. The Bertz CT molecular complexity index is 796. The van der Waals surface area contributed by atoms with Crippen LogP contribution in [0.15, 0.2) is 24.3 Å². The van der Waals surface area contributed by atoms with Crippen molar-refractivity contribution in [3.8, 4) is 0 Å². The number of piperidine rings is 1. The Kier molecular flexibility index (Phi) is 5.25. The largest absolute Gasteiger partial charge is 0.380 e. The average Bonchev–Trinajstić information content (AvgIpc) is 3.25. The van der Waals surface area contributed by atoms with E-state index < -0.39 is 5.60 Å². The summed E-state index contributed by atoms with van der Waals surface area (Å²) >= 11 is 0. The van der Waals surface area contributed by atoms with E-state index >= 15 is 0 Å². The zero-order chi connectivity index (χ0) is 20.8. The van der Waals surface area contributed by atoms with E-state index in [1.54, 1.807) is 30.0 Å². The molecule has 3 aliphatic heterocycles. The second kappa shape index (κ2) is 7.57. The normalized spacial score (nSPS) is 28.3. The number of aliphatic hydroxyl groups is 1. The number of fused-ring (bicyclic) bond motifs is 1. The van der Waals surface area contributed by atoms with Crippen LogP contribution < -0.4 is 5.32 Å². The lowest BCUT2D eigenvalue weighted by Crippen LogP contribution is -2.54. The van der Waals surface area contributed by atoms with Gasteiger partial charge >= 0.3 is 6.03 Å². The molecule has 0 bridgehead atoms. The second-order valence-electron chi connectivity index (χ2n) is 8.74. The van der Waals surface area contributed by atoms with Crippen molar-refractivity contribution in [1.82, 2.24) is 20.0 Å². The van der Waals surface area contributed by atoms with Gasteiger partial charge in [-0.3, -0.25) is 4.79 Å². The standard InChI is InChI=1S/C21H29FN4O3/c1-24(2)20(28)26-12-15-11-25(19(27)21(29)6-8-23-9-7-21)13-17(15)18(26)14-4-3-5-16(22)10-14/h3-5,10,15,17-18,23,29H,6-9,11-13H2,1-2H3/t15-,17-,18-/m1/s1. The van der Waals surface area contributed by atoms with Crippen molar-refractivity contribution in [3.05, 3.63) is 35.6 Å². The van der Waals surface area contributed by atoms with Crippen LogP contribution in [0.2, 0.25) is 0 Å². The monoisotopic (exact) mass is 404 g/mol. The number of carbonyl (C=O) groups is 2. The minimum atomic E-state index is -1.31. The van der Waals surface area contributed by atoms with Crippen LogP contribution in [0, 0.1) is 17.7 Å². The number of benzene rings is 1. The first-order chi connectivity index (χ1) is 13.8. The molecule has 8 heteroatoms. The second-order valence-corrected chi connectivity index (χ2v) is 8.74. The number of hydrogen-bond acceptors (Lipinski definition) is 4. The Morgan fingerprint density at radius 1 is 1.21 bits per heavy atom. The van der Waals surface area contributed by atoms with E-state index in [4.69, 9.17) is 0 Å². The Labute approximate surface area is 170 Å². The third-order valence-corrected chi connectivity index (χ3v) is 6.60. The first-order valence-corrected chi connectivity index (χ1v) is 10.3. The van der Waals surface area contributed by atoms with Crippen LogP contribution in [-0.2, 0) is 4.79 Å². The predicted octanol–water partition coefficient (Wildman–Crippen LogP) is 1.05. The number of carbonyl (C=O) groups excluding carboxylic acids is 2. The fourth-order valence-electron chi connectivity index (χ4n) is 5.13. The van der Waals surface area contributed by atoms with E-state index in [1.807, 2.05) is 6.07 Å². The minimum Gasteiger partial charge on any atom is -0.380 e. The molecular formula is C21H29FN4O3. The number of amides is 3. The van der Waals surface area contributed by atoms with Crippen molar-refractivity contribution in [2.45, 2.75) is 24.5 Å². The average molecular weight is 404 g/mol. The molecule has 3 heterocycles. The molecule has 7 nitrogen and oxygen atoms in total. The quantitative estimate of drug-likeness (QED) is 0.773. The highest BCUT2D eigenvalue weighted by atomic mass is 19.1. The van der Waals surface area contributed by atoms with Crippen LogP contribution in [0.3, 0.4) is 0 Å². The zero-order valence-corrected chi connectivity index (χ0v) is 17.0. The molecule has 3 fully saturated rings. The highest BCUT2D eigenvalue weighted by Crippen LogP contribution is 2.46. The maximum atomic E-state index is 13.9. The lowest BCUT2D eigenvalue weighted by atomic mass is 9.89. The summed E-state index contributed by atoms with van der Waals surface area (Å²) in [6.07, 6.45) is 0.826. The van der Waals surface area contributed by atoms with Gasteiger partial charge in [0, 0.05) is 45.6 Å². The highest BCUT2D eigenvalue weighted by Gasteiger charge is 2.52. The molecule has 0 unspecified atom stereocenters. The highest BCUT2D eigenvalue weighted by molar-refractivity contribution is 5.85. The van der Waals surface area contributed by atoms with Crippen LogP contribution in [0.4, 0.5) is 9.18 Å². The minimum absolute atomic E-state index is 0.0231. The summed E-state index contributed by atoms with van der Waals surface area (Å²) in [5.74, 6) is -0.411. The van der Waals surface area contributed by atoms with Crippen molar-refractivity contribution in [2.75, 3.05) is 46.8 Å². The van der Waals surface area contributed by atoms with E-state index in [2.05, 4.69) is 5.32 Å². The van der Waals surface area contributed by atoms with Crippen LogP contribution in [-0.4, -0.2) is 84.2 Å². The number of urea groups is 1. The summed E-state index contributed by atoms with van der Waals surface area (Å²) in [5.41, 5.74) is -0.556. The van der Waals surface area contributed by atoms with E-state index in [0.29, 0.717) is 45.6 Å². The number of nitrogens with zero attached hydrogens (tertiary/aromatic N) is 3. The van der Waals surface area contributed by atoms with Gasteiger partial charge in [0.15, 0.2) is 0 Å². The molecule has 0 aromatic heterocycles. The number of hydrogen-bond donors (Lipinski definition) is 2. The topological polar surface area (TPSA) is 76.1 Å². The zero-order valence-electron chi connectivity index (χ0n) is 17.0. The Balaban J connectivity index is 1.59. The molecule has 3 aliphatic rings. The molecule has 0 saturated carbocycles. The van der Waals surface area contributed by atoms with Gasteiger partial charge in [0.05, 0.1) is 6.04 Å². The van der Waals surface area contributed by atoms with Gasteiger partial charge in [0.25, 0.3) is 5.91 Å². The SMILES string of the molecule is CN(C)C(=O)N1C[C@H]2CN(C(=O)C3(O)CCNCC3)C[C@H]2[C@H]1c1cccc(F)c1. The molecule has 3 atom stereocenters. The molecule has 4 rings (SSSR count).